The van der Waals surface area contributed by atoms with Crippen LogP contribution in [0.3, 0.4) is 0 Å². The standard InChI is InChI=1S/C18H11NO6/c1-19-14-13(15(21)8-5-3-4-6-9(8)16(14)22)12(17(19)24-2)10-7-11(20)25-18(10)23/h3-7H,1-2H3. The second-order valence-electron chi connectivity index (χ2n) is 5.64. The van der Waals surface area contributed by atoms with Crippen LogP contribution < -0.4 is 4.74 Å². The molecule has 2 aliphatic rings. The topological polar surface area (TPSA) is 91.7 Å². The van der Waals surface area contributed by atoms with Crippen LogP contribution in [0.5, 0.6) is 5.88 Å². The lowest BCUT2D eigenvalue weighted by atomic mass is 9.85. The van der Waals surface area contributed by atoms with E-state index in [1.54, 1.807) is 31.3 Å². The van der Waals surface area contributed by atoms with Gasteiger partial charge in [0.2, 0.25) is 11.7 Å². The zero-order valence-corrected chi connectivity index (χ0v) is 13.3. The Morgan fingerprint density at radius 3 is 2.16 bits per heavy atom. The molecule has 4 rings (SSSR count). The number of aromatic nitrogens is 1. The van der Waals surface area contributed by atoms with Gasteiger partial charge in [-0.3, -0.25) is 9.59 Å². The number of carbonyl (C=O) groups is 4. The van der Waals surface area contributed by atoms with Gasteiger partial charge in [-0.05, 0) is 0 Å². The molecule has 0 atom stereocenters. The molecule has 0 radical (unpaired) electrons. The monoisotopic (exact) mass is 337 g/mol. The maximum Gasteiger partial charge on any atom is 0.347 e. The van der Waals surface area contributed by atoms with E-state index in [0.717, 1.165) is 6.08 Å². The first-order valence-corrected chi connectivity index (χ1v) is 7.39. The Morgan fingerprint density at radius 1 is 0.960 bits per heavy atom. The Labute approximate surface area is 141 Å². The van der Waals surface area contributed by atoms with Crippen LogP contribution in [-0.2, 0) is 21.4 Å². The summed E-state index contributed by atoms with van der Waals surface area (Å²) in [7, 11) is 2.91. The van der Waals surface area contributed by atoms with Crippen LogP contribution in [0.15, 0.2) is 30.3 Å². The fourth-order valence-corrected chi connectivity index (χ4v) is 3.31. The van der Waals surface area contributed by atoms with Crippen molar-refractivity contribution in [1.82, 2.24) is 4.57 Å². The summed E-state index contributed by atoms with van der Waals surface area (Å²) < 4.78 is 11.3. The van der Waals surface area contributed by atoms with E-state index < -0.39 is 17.7 Å². The highest BCUT2D eigenvalue weighted by atomic mass is 16.6. The van der Waals surface area contributed by atoms with Crippen LogP contribution in [0.1, 0.15) is 37.5 Å². The molecule has 124 valence electrons. The van der Waals surface area contributed by atoms with Crippen LogP contribution in [0.4, 0.5) is 0 Å². The van der Waals surface area contributed by atoms with E-state index in [2.05, 4.69) is 4.74 Å². The third-order valence-corrected chi connectivity index (χ3v) is 4.34. The number of nitrogens with zero attached hydrogens (tertiary/aromatic N) is 1. The van der Waals surface area contributed by atoms with Gasteiger partial charge in [-0.2, -0.15) is 0 Å². The molecular weight excluding hydrogens is 326 g/mol. The largest absolute Gasteiger partial charge is 0.482 e. The lowest BCUT2D eigenvalue weighted by Crippen LogP contribution is -2.22. The van der Waals surface area contributed by atoms with Gasteiger partial charge in [-0.15, -0.1) is 0 Å². The van der Waals surface area contributed by atoms with E-state index in [0.29, 0.717) is 0 Å². The quantitative estimate of drug-likeness (QED) is 0.517. The van der Waals surface area contributed by atoms with E-state index in [1.165, 1.54) is 11.7 Å². The van der Waals surface area contributed by atoms with Crippen molar-refractivity contribution in [3.8, 4) is 5.88 Å². The third kappa shape index (κ3) is 1.86. The Bertz CT molecular complexity index is 1040. The molecule has 0 fully saturated rings. The molecule has 0 N–H and O–H groups in total. The van der Waals surface area contributed by atoms with E-state index in [-0.39, 0.29) is 45.2 Å². The lowest BCUT2D eigenvalue weighted by Gasteiger charge is -2.15. The van der Waals surface area contributed by atoms with Crippen molar-refractivity contribution in [2.45, 2.75) is 0 Å². The summed E-state index contributed by atoms with van der Waals surface area (Å²) in [4.78, 5) is 49.3. The fourth-order valence-electron chi connectivity index (χ4n) is 3.31. The molecule has 2 aromatic rings. The van der Waals surface area contributed by atoms with E-state index in [4.69, 9.17) is 4.74 Å². The van der Waals surface area contributed by atoms with Crippen molar-refractivity contribution in [1.29, 1.82) is 0 Å². The highest BCUT2D eigenvalue weighted by Gasteiger charge is 2.41. The van der Waals surface area contributed by atoms with E-state index >= 15 is 0 Å². The van der Waals surface area contributed by atoms with Gasteiger partial charge in [0, 0.05) is 24.3 Å². The minimum Gasteiger partial charge on any atom is -0.482 e. The van der Waals surface area contributed by atoms with Gasteiger partial charge in [-0.1, -0.05) is 24.3 Å². The number of carbonyl (C=O) groups excluding carboxylic acids is 4. The van der Waals surface area contributed by atoms with Crippen molar-refractivity contribution in [3.63, 3.8) is 0 Å². The number of esters is 2. The number of benzene rings is 1. The highest BCUT2D eigenvalue weighted by Crippen LogP contribution is 2.41. The fraction of sp³-hybridized carbons (Fsp3) is 0.111. The number of methoxy groups -OCH3 is 1. The zero-order valence-electron chi connectivity index (χ0n) is 13.3. The highest BCUT2D eigenvalue weighted by molar-refractivity contribution is 6.35. The molecule has 25 heavy (non-hydrogen) atoms. The molecule has 1 aliphatic carbocycles. The smallest absolute Gasteiger partial charge is 0.347 e. The second-order valence-corrected chi connectivity index (χ2v) is 5.64. The van der Waals surface area contributed by atoms with Crippen LogP contribution in [0.25, 0.3) is 5.57 Å². The van der Waals surface area contributed by atoms with Crippen LogP contribution in [-0.4, -0.2) is 35.2 Å². The summed E-state index contributed by atoms with van der Waals surface area (Å²) in [6, 6.07) is 6.45. The maximum atomic E-state index is 13.0. The number of fused-ring (bicyclic) bond motifs is 2. The van der Waals surface area contributed by atoms with Crippen molar-refractivity contribution in [2.24, 2.45) is 7.05 Å². The lowest BCUT2D eigenvalue weighted by molar-refractivity contribution is -0.149. The van der Waals surface area contributed by atoms with Crippen LogP contribution >= 0.6 is 0 Å². The first-order chi connectivity index (χ1) is 12.0. The SMILES string of the molecule is COc1c(C2=CC(=O)OC2=O)c2c(n1C)C(=O)c1ccccc1C2=O. The predicted octanol–water partition coefficient (Wildman–Crippen LogP) is 1.28. The summed E-state index contributed by atoms with van der Waals surface area (Å²) in [5.74, 6) is -2.33. The van der Waals surface area contributed by atoms with Gasteiger partial charge < -0.3 is 14.0 Å². The minimum absolute atomic E-state index is 0.0425. The van der Waals surface area contributed by atoms with Gasteiger partial charge in [-0.25, -0.2) is 9.59 Å². The van der Waals surface area contributed by atoms with Crippen molar-refractivity contribution in [2.75, 3.05) is 7.11 Å². The predicted molar refractivity (Wildman–Crippen MR) is 84.3 cm³/mol. The molecule has 0 unspecified atom stereocenters. The Hall–Kier alpha value is -3.48. The summed E-state index contributed by atoms with van der Waals surface area (Å²) in [5.41, 5.74) is 0.689. The van der Waals surface area contributed by atoms with Crippen molar-refractivity contribution < 1.29 is 28.7 Å². The van der Waals surface area contributed by atoms with Crippen LogP contribution in [0, 0.1) is 0 Å². The van der Waals surface area contributed by atoms with Gasteiger partial charge in [0.1, 0.15) is 5.69 Å². The number of hydrogen-bond donors (Lipinski definition) is 0. The minimum atomic E-state index is -0.879. The third-order valence-electron chi connectivity index (χ3n) is 4.34. The molecule has 0 saturated carbocycles. The molecular formula is C18H11NO6. The summed E-state index contributed by atoms with van der Waals surface area (Å²) >= 11 is 0. The first kappa shape index (κ1) is 15.1. The number of ether oxygens (including phenoxy) is 2. The van der Waals surface area contributed by atoms with Gasteiger partial charge >= 0.3 is 11.9 Å². The number of rotatable bonds is 2. The van der Waals surface area contributed by atoms with Crippen molar-refractivity contribution >= 4 is 29.1 Å². The Morgan fingerprint density at radius 2 is 1.60 bits per heavy atom. The van der Waals surface area contributed by atoms with Gasteiger partial charge in [0.25, 0.3) is 0 Å². The molecule has 1 aromatic heterocycles. The van der Waals surface area contributed by atoms with Crippen molar-refractivity contribution in [3.05, 3.63) is 58.3 Å². The van der Waals surface area contributed by atoms with Gasteiger partial charge in [0.05, 0.1) is 23.8 Å². The summed E-state index contributed by atoms with van der Waals surface area (Å²) in [5, 5.41) is 0. The summed E-state index contributed by atoms with van der Waals surface area (Å²) in [6.45, 7) is 0. The molecule has 1 aromatic carbocycles. The van der Waals surface area contributed by atoms with Gasteiger partial charge in [0.15, 0.2) is 5.78 Å². The molecule has 0 amide bonds. The molecule has 0 saturated heterocycles. The second kappa shape index (κ2) is 5.01. The molecule has 0 spiro atoms. The Balaban J connectivity index is 2.08. The average molecular weight is 337 g/mol. The summed E-state index contributed by atoms with van der Waals surface area (Å²) in [6.07, 6.45) is 0.999. The Kier molecular flexibility index (Phi) is 3.02. The molecule has 7 nitrogen and oxygen atoms in total. The number of cyclic esters (lactones) is 2. The van der Waals surface area contributed by atoms with Crippen LogP contribution in [0.2, 0.25) is 0 Å². The molecule has 2 heterocycles. The number of hydrogen-bond acceptors (Lipinski definition) is 6. The molecule has 0 bridgehead atoms. The zero-order chi connectivity index (χ0) is 17.9. The first-order valence-electron chi connectivity index (χ1n) is 7.39. The normalized spacial score (nSPS) is 15.7. The molecule has 7 heteroatoms. The van der Waals surface area contributed by atoms with E-state index in [9.17, 15) is 19.2 Å². The average Bonchev–Trinajstić information content (AvgIpc) is 3.08. The van der Waals surface area contributed by atoms with E-state index in [1.807, 2.05) is 0 Å². The molecule has 1 aliphatic heterocycles. The maximum absolute atomic E-state index is 13.0. The number of ketones is 2.